The van der Waals surface area contributed by atoms with Crippen molar-refractivity contribution in [2.75, 3.05) is 24.2 Å². The van der Waals surface area contributed by atoms with Crippen LogP contribution in [0.25, 0.3) is 0 Å². The average Bonchev–Trinajstić information content (AvgIpc) is 2.63. The zero-order valence-corrected chi connectivity index (χ0v) is 8.94. The Hall–Kier alpha value is -1.29. The summed E-state index contributed by atoms with van der Waals surface area (Å²) in [6.45, 7) is 3.91. The Bertz CT molecular complexity index is 312. The predicted octanol–water partition coefficient (Wildman–Crippen LogP) is 1.50. The summed E-state index contributed by atoms with van der Waals surface area (Å²) in [4.78, 5) is 4.19. The highest BCUT2D eigenvalue weighted by Crippen LogP contribution is 2.20. The number of ether oxygens (including phenoxy) is 1. The maximum absolute atomic E-state index is 5.56. The van der Waals surface area contributed by atoms with Crippen molar-refractivity contribution in [3.8, 4) is 0 Å². The number of pyridine rings is 1. The van der Waals surface area contributed by atoms with Crippen molar-refractivity contribution < 1.29 is 4.74 Å². The SMILES string of the molecule is CC1OCCC1CNc1ccc(N)cn1. The second-order valence-electron chi connectivity index (χ2n) is 3.98. The lowest BCUT2D eigenvalue weighted by molar-refractivity contribution is 0.108. The Morgan fingerprint density at radius 1 is 1.60 bits per heavy atom. The van der Waals surface area contributed by atoms with Gasteiger partial charge < -0.3 is 15.8 Å². The molecule has 0 amide bonds. The van der Waals surface area contributed by atoms with Crippen LogP contribution in [-0.2, 0) is 4.74 Å². The van der Waals surface area contributed by atoms with Gasteiger partial charge in [-0.3, -0.25) is 0 Å². The van der Waals surface area contributed by atoms with Crippen LogP contribution in [0.15, 0.2) is 18.3 Å². The molecule has 1 saturated heterocycles. The standard InChI is InChI=1S/C11H17N3O/c1-8-9(4-5-15-8)6-13-11-3-2-10(12)7-14-11/h2-3,7-9H,4-6,12H2,1H3,(H,13,14). The number of nitrogens with one attached hydrogen (secondary N) is 1. The molecule has 3 N–H and O–H groups in total. The molecule has 1 aromatic rings. The Morgan fingerprint density at radius 3 is 3.07 bits per heavy atom. The summed E-state index contributed by atoms with van der Waals surface area (Å²) in [5, 5.41) is 3.30. The van der Waals surface area contributed by atoms with Crippen LogP contribution in [-0.4, -0.2) is 24.2 Å². The number of anilines is 2. The Labute approximate surface area is 89.8 Å². The number of nitrogens with zero attached hydrogens (tertiary/aromatic N) is 1. The lowest BCUT2D eigenvalue weighted by Gasteiger charge is -2.14. The fraction of sp³-hybridized carbons (Fsp3) is 0.545. The summed E-state index contributed by atoms with van der Waals surface area (Å²) in [5.74, 6) is 1.47. The van der Waals surface area contributed by atoms with E-state index in [9.17, 15) is 0 Å². The molecule has 2 unspecified atom stereocenters. The molecule has 0 aromatic carbocycles. The van der Waals surface area contributed by atoms with Crippen molar-refractivity contribution in [3.05, 3.63) is 18.3 Å². The maximum Gasteiger partial charge on any atom is 0.126 e. The van der Waals surface area contributed by atoms with Crippen molar-refractivity contribution in [2.24, 2.45) is 5.92 Å². The first-order valence-electron chi connectivity index (χ1n) is 5.32. The minimum absolute atomic E-state index is 0.353. The summed E-state index contributed by atoms with van der Waals surface area (Å²) in [6, 6.07) is 3.75. The van der Waals surface area contributed by atoms with E-state index in [2.05, 4.69) is 17.2 Å². The number of aromatic nitrogens is 1. The Kier molecular flexibility index (Phi) is 3.06. The number of rotatable bonds is 3. The molecule has 0 bridgehead atoms. The minimum atomic E-state index is 0.353. The van der Waals surface area contributed by atoms with Crippen molar-refractivity contribution in [3.63, 3.8) is 0 Å². The number of nitrogen functional groups attached to an aromatic ring is 1. The third-order valence-corrected chi connectivity index (χ3v) is 2.86. The summed E-state index contributed by atoms with van der Waals surface area (Å²) in [7, 11) is 0. The smallest absolute Gasteiger partial charge is 0.126 e. The minimum Gasteiger partial charge on any atom is -0.397 e. The van der Waals surface area contributed by atoms with Crippen LogP contribution in [0.5, 0.6) is 0 Å². The topological polar surface area (TPSA) is 60.2 Å². The summed E-state index contributed by atoms with van der Waals surface area (Å²) >= 11 is 0. The van der Waals surface area contributed by atoms with Crippen molar-refractivity contribution in [2.45, 2.75) is 19.4 Å². The van der Waals surface area contributed by atoms with Crippen LogP contribution >= 0.6 is 0 Å². The zero-order chi connectivity index (χ0) is 10.7. The molecule has 0 saturated carbocycles. The molecule has 4 heteroatoms. The highest BCUT2D eigenvalue weighted by molar-refractivity contribution is 5.43. The van der Waals surface area contributed by atoms with Gasteiger partial charge in [0.1, 0.15) is 5.82 Å². The lowest BCUT2D eigenvalue weighted by atomic mass is 10.0. The number of hydrogen-bond donors (Lipinski definition) is 2. The van der Waals surface area contributed by atoms with Crippen LogP contribution in [0.3, 0.4) is 0 Å². The first-order valence-corrected chi connectivity index (χ1v) is 5.32. The summed E-state index contributed by atoms with van der Waals surface area (Å²) in [5.41, 5.74) is 6.25. The van der Waals surface area contributed by atoms with Crippen molar-refractivity contribution >= 4 is 11.5 Å². The van der Waals surface area contributed by atoms with E-state index in [0.29, 0.717) is 17.7 Å². The third kappa shape index (κ3) is 2.59. The monoisotopic (exact) mass is 207 g/mol. The molecular formula is C11H17N3O. The average molecular weight is 207 g/mol. The van der Waals surface area contributed by atoms with Gasteiger partial charge in [-0.15, -0.1) is 0 Å². The Balaban J connectivity index is 1.85. The first kappa shape index (κ1) is 10.2. The van der Waals surface area contributed by atoms with Crippen LogP contribution in [0.1, 0.15) is 13.3 Å². The number of hydrogen-bond acceptors (Lipinski definition) is 4. The van der Waals surface area contributed by atoms with Gasteiger partial charge in [0, 0.05) is 19.1 Å². The largest absolute Gasteiger partial charge is 0.397 e. The highest BCUT2D eigenvalue weighted by Gasteiger charge is 2.23. The van der Waals surface area contributed by atoms with Crippen LogP contribution in [0.4, 0.5) is 11.5 Å². The molecule has 2 heterocycles. The fourth-order valence-electron chi connectivity index (χ4n) is 1.79. The van der Waals surface area contributed by atoms with Crippen molar-refractivity contribution in [1.29, 1.82) is 0 Å². The molecule has 82 valence electrons. The van der Waals surface area contributed by atoms with Gasteiger partial charge in [-0.2, -0.15) is 0 Å². The normalized spacial score (nSPS) is 25.4. The van der Waals surface area contributed by atoms with E-state index in [1.54, 1.807) is 6.20 Å². The molecule has 1 fully saturated rings. The van der Waals surface area contributed by atoms with Gasteiger partial charge in [0.05, 0.1) is 18.0 Å². The van der Waals surface area contributed by atoms with Gasteiger partial charge >= 0.3 is 0 Å². The van der Waals surface area contributed by atoms with E-state index < -0.39 is 0 Å². The first-order chi connectivity index (χ1) is 7.25. The van der Waals surface area contributed by atoms with Crippen LogP contribution in [0, 0.1) is 5.92 Å². The summed E-state index contributed by atoms with van der Waals surface area (Å²) < 4.78 is 5.49. The molecular weight excluding hydrogens is 190 g/mol. The fourth-order valence-corrected chi connectivity index (χ4v) is 1.79. The van der Waals surface area contributed by atoms with E-state index in [1.165, 1.54) is 0 Å². The molecule has 0 radical (unpaired) electrons. The zero-order valence-electron chi connectivity index (χ0n) is 8.94. The Morgan fingerprint density at radius 2 is 2.47 bits per heavy atom. The van der Waals surface area contributed by atoms with Gasteiger partial charge in [0.2, 0.25) is 0 Å². The van der Waals surface area contributed by atoms with E-state index in [1.807, 2.05) is 12.1 Å². The second kappa shape index (κ2) is 4.49. The quantitative estimate of drug-likeness (QED) is 0.788. The molecule has 1 aliphatic heterocycles. The predicted molar refractivity (Wildman–Crippen MR) is 60.7 cm³/mol. The van der Waals surface area contributed by atoms with Gasteiger partial charge in [0.15, 0.2) is 0 Å². The van der Waals surface area contributed by atoms with E-state index in [4.69, 9.17) is 10.5 Å². The van der Waals surface area contributed by atoms with E-state index in [0.717, 1.165) is 25.4 Å². The van der Waals surface area contributed by atoms with Gasteiger partial charge in [0.25, 0.3) is 0 Å². The summed E-state index contributed by atoms with van der Waals surface area (Å²) in [6.07, 6.45) is 3.14. The van der Waals surface area contributed by atoms with Gasteiger partial charge in [-0.1, -0.05) is 0 Å². The highest BCUT2D eigenvalue weighted by atomic mass is 16.5. The molecule has 1 aliphatic rings. The van der Waals surface area contributed by atoms with Crippen molar-refractivity contribution in [1.82, 2.24) is 4.98 Å². The molecule has 15 heavy (non-hydrogen) atoms. The second-order valence-corrected chi connectivity index (χ2v) is 3.98. The molecule has 4 nitrogen and oxygen atoms in total. The molecule has 2 rings (SSSR count). The van der Waals surface area contributed by atoms with Gasteiger partial charge in [-0.05, 0) is 25.5 Å². The molecule has 1 aromatic heterocycles. The van der Waals surface area contributed by atoms with E-state index >= 15 is 0 Å². The van der Waals surface area contributed by atoms with Crippen LogP contribution < -0.4 is 11.1 Å². The molecule has 0 aliphatic carbocycles. The third-order valence-electron chi connectivity index (χ3n) is 2.86. The van der Waals surface area contributed by atoms with Gasteiger partial charge in [-0.25, -0.2) is 4.98 Å². The van der Waals surface area contributed by atoms with E-state index in [-0.39, 0.29) is 0 Å². The number of nitrogens with two attached hydrogens (primary N) is 1. The molecule has 2 atom stereocenters. The molecule has 0 spiro atoms. The van der Waals surface area contributed by atoms with Crippen LogP contribution in [0.2, 0.25) is 0 Å². The lowest BCUT2D eigenvalue weighted by Crippen LogP contribution is -2.21. The maximum atomic E-state index is 5.56.